The summed E-state index contributed by atoms with van der Waals surface area (Å²) < 4.78 is 27.2. The van der Waals surface area contributed by atoms with Crippen molar-refractivity contribution in [3.63, 3.8) is 0 Å². The number of carbonyl (C=O) groups excluding carboxylic acids is 1. The highest BCUT2D eigenvalue weighted by Crippen LogP contribution is 2.45. The standard InChI is InChI=1S/C25H24NO8P/c27-24(28)18-11-9-17(10-12-18)15-34-35(30,31)33-14-13-26-25(29)32-16-23-21-7-3-1-5-19(21)20-6-2-4-8-22(20)23/h1-12,23H,13-16H2,(H,26,29)(H,27,28)(H,30,31). The van der Waals surface area contributed by atoms with Gasteiger partial charge in [-0.05, 0) is 39.9 Å². The molecule has 0 heterocycles. The molecule has 1 amide bonds. The molecule has 1 aliphatic rings. The maximum absolute atomic E-state index is 12.1. The first kappa shape index (κ1) is 24.6. The number of hydrogen-bond donors (Lipinski definition) is 3. The molecule has 35 heavy (non-hydrogen) atoms. The van der Waals surface area contributed by atoms with E-state index < -0.39 is 19.9 Å². The number of carbonyl (C=O) groups is 2. The van der Waals surface area contributed by atoms with Crippen LogP contribution in [0.25, 0.3) is 11.1 Å². The third-order valence-electron chi connectivity index (χ3n) is 5.56. The van der Waals surface area contributed by atoms with Crippen LogP contribution in [0.4, 0.5) is 4.79 Å². The summed E-state index contributed by atoms with van der Waals surface area (Å²) in [6, 6.07) is 21.7. The SMILES string of the molecule is O=C(NCCOP(=O)(O)OCc1ccc(C(=O)O)cc1)OCC1c2ccccc2-c2ccccc21. The Balaban J connectivity index is 1.19. The van der Waals surface area contributed by atoms with E-state index in [2.05, 4.69) is 5.32 Å². The molecule has 1 atom stereocenters. The molecule has 182 valence electrons. The van der Waals surface area contributed by atoms with Crippen molar-refractivity contribution in [3.05, 3.63) is 95.1 Å². The molecule has 3 N–H and O–H groups in total. The smallest absolute Gasteiger partial charge is 0.472 e. The van der Waals surface area contributed by atoms with Crippen LogP contribution in [0.3, 0.4) is 0 Å². The maximum atomic E-state index is 12.1. The number of rotatable bonds is 10. The van der Waals surface area contributed by atoms with Crippen LogP contribution in [0.15, 0.2) is 72.8 Å². The number of hydrogen-bond acceptors (Lipinski definition) is 6. The monoisotopic (exact) mass is 497 g/mol. The van der Waals surface area contributed by atoms with Crippen LogP contribution in [-0.2, 0) is 25.0 Å². The molecule has 0 radical (unpaired) electrons. The molecule has 3 aromatic carbocycles. The van der Waals surface area contributed by atoms with Crippen LogP contribution in [0.1, 0.15) is 33.0 Å². The van der Waals surface area contributed by atoms with E-state index in [1.165, 1.54) is 24.3 Å². The Morgan fingerprint density at radius 2 is 1.49 bits per heavy atom. The number of aromatic carboxylic acids is 1. The molecule has 10 heteroatoms. The molecule has 0 fully saturated rings. The van der Waals surface area contributed by atoms with Crippen LogP contribution < -0.4 is 5.32 Å². The van der Waals surface area contributed by atoms with Crippen LogP contribution in [0.5, 0.6) is 0 Å². The number of nitrogens with one attached hydrogen (secondary N) is 1. The predicted molar refractivity (Wildman–Crippen MR) is 127 cm³/mol. The fourth-order valence-corrected chi connectivity index (χ4v) is 4.61. The van der Waals surface area contributed by atoms with Crippen molar-refractivity contribution in [2.75, 3.05) is 19.8 Å². The average molecular weight is 497 g/mol. The van der Waals surface area contributed by atoms with Crippen molar-refractivity contribution in [1.82, 2.24) is 5.32 Å². The van der Waals surface area contributed by atoms with Gasteiger partial charge in [-0.15, -0.1) is 0 Å². The lowest BCUT2D eigenvalue weighted by Gasteiger charge is -2.15. The lowest BCUT2D eigenvalue weighted by molar-refractivity contribution is 0.0696. The molecular weight excluding hydrogens is 473 g/mol. The molecule has 0 aromatic heterocycles. The van der Waals surface area contributed by atoms with Crippen LogP contribution in [0.2, 0.25) is 0 Å². The fourth-order valence-electron chi connectivity index (χ4n) is 3.90. The van der Waals surface area contributed by atoms with Gasteiger partial charge in [0.15, 0.2) is 0 Å². The molecule has 0 saturated carbocycles. The predicted octanol–water partition coefficient (Wildman–Crippen LogP) is 4.56. The number of carboxylic acids is 1. The van der Waals surface area contributed by atoms with Crippen molar-refractivity contribution in [3.8, 4) is 11.1 Å². The van der Waals surface area contributed by atoms with E-state index in [1.54, 1.807) is 0 Å². The number of phosphoric ester groups is 1. The zero-order chi connectivity index (χ0) is 24.8. The van der Waals surface area contributed by atoms with Crippen LogP contribution in [0, 0.1) is 0 Å². The summed E-state index contributed by atoms with van der Waals surface area (Å²) in [6.45, 7) is -0.412. The molecule has 9 nitrogen and oxygen atoms in total. The summed E-state index contributed by atoms with van der Waals surface area (Å²) in [5, 5.41) is 11.4. The van der Waals surface area contributed by atoms with Gasteiger partial charge in [0.25, 0.3) is 0 Å². The number of phosphoric acid groups is 1. The number of amides is 1. The maximum Gasteiger partial charge on any atom is 0.472 e. The van der Waals surface area contributed by atoms with Crippen molar-refractivity contribution in [1.29, 1.82) is 0 Å². The number of carboxylic acid groups (broad SMARTS) is 1. The summed E-state index contributed by atoms with van der Waals surface area (Å²) in [4.78, 5) is 32.8. The molecule has 0 aliphatic heterocycles. The van der Waals surface area contributed by atoms with Crippen molar-refractivity contribution in [2.45, 2.75) is 12.5 Å². The first-order valence-corrected chi connectivity index (χ1v) is 12.4. The highest BCUT2D eigenvalue weighted by molar-refractivity contribution is 7.47. The summed E-state index contributed by atoms with van der Waals surface area (Å²) in [5.74, 6) is -1.14. The summed E-state index contributed by atoms with van der Waals surface area (Å²) in [6.07, 6.45) is -0.664. The van der Waals surface area contributed by atoms with Gasteiger partial charge in [-0.2, -0.15) is 0 Å². The van der Waals surface area contributed by atoms with Gasteiger partial charge in [0.05, 0.1) is 18.8 Å². The number of ether oxygens (including phenoxy) is 1. The molecule has 0 spiro atoms. The molecule has 1 aliphatic carbocycles. The lowest BCUT2D eigenvalue weighted by Crippen LogP contribution is -2.29. The molecule has 1 unspecified atom stereocenters. The second kappa shape index (κ2) is 10.8. The number of fused-ring (bicyclic) bond motifs is 3. The summed E-state index contributed by atoms with van der Waals surface area (Å²) >= 11 is 0. The normalized spacial score (nSPS) is 14.0. The Hall–Kier alpha value is -3.49. The van der Waals surface area contributed by atoms with Gasteiger partial charge in [-0.3, -0.25) is 9.05 Å². The third kappa shape index (κ3) is 6.15. The van der Waals surface area contributed by atoms with E-state index in [1.807, 2.05) is 48.5 Å². The Bertz CT molecular complexity index is 1210. The fraction of sp³-hybridized carbons (Fsp3) is 0.200. The first-order valence-electron chi connectivity index (χ1n) is 10.9. The van der Waals surface area contributed by atoms with E-state index in [9.17, 15) is 19.0 Å². The average Bonchev–Trinajstić information content (AvgIpc) is 3.18. The number of benzene rings is 3. The Morgan fingerprint density at radius 1 is 0.886 bits per heavy atom. The molecular formula is C25H24NO8P. The molecule has 4 rings (SSSR count). The third-order valence-corrected chi connectivity index (χ3v) is 6.53. The zero-order valence-electron chi connectivity index (χ0n) is 18.6. The van der Waals surface area contributed by atoms with Gasteiger partial charge in [-0.1, -0.05) is 60.7 Å². The number of alkyl carbamates (subject to hydrolysis) is 1. The molecule has 0 saturated heterocycles. The lowest BCUT2D eigenvalue weighted by atomic mass is 9.98. The Kier molecular flexibility index (Phi) is 7.63. The Morgan fingerprint density at radius 3 is 2.09 bits per heavy atom. The minimum atomic E-state index is -4.36. The molecule has 3 aromatic rings. The van der Waals surface area contributed by atoms with Gasteiger partial charge in [0.1, 0.15) is 6.61 Å². The van der Waals surface area contributed by atoms with Crippen LogP contribution in [-0.4, -0.2) is 41.8 Å². The van der Waals surface area contributed by atoms with Crippen molar-refractivity contribution < 1.29 is 37.9 Å². The van der Waals surface area contributed by atoms with E-state index >= 15 is 0 Å². The van der Waals surface area contributed by atoms with Crippen LogP contribution >= 0.6 is 7.82 Å². The van der Waals surface area contributed by atoms with Gasteiger partial charge < -0.3 is 20.1 Å². The summed E-state index contributed by atoms with van der Waals surface area (Å²) in [7, 11) is -4.36. The van der Waals surface area contributed by atoms with Gasteiger partial charge in [0, 0.05) is 12.5 Å². The minimum absolute atomic E-state index is 0.0576. The topological polar surface area (TPSA) is 131 Å². The van der Waals surface area contributed by atoms with Gasteiger partial charge in [0.2, 0.25) is 0 Å². The highest BCUT2D eigenvalue weighted by Gasteiger charge is 2.29. The molecule has 0 bridgehead atoms. The van der Waals surface area contributed by atoms with Crippen molar-refractivity contribution in [2.24, 2.45) is 0 Å². The van der Waals surface area contributed by atoms with Crippen molar-refractivity contribution >= 4 is 19.9 Å². The van der Waals surface area contributed by atoms with E-state index in [0.29, 0.717) is 5.56 Å². The zero-order valence-corrected chi connectivity index (χ0v) is 19.5. The second-order valence-electron chi connectivity index (χ2n) is 7.83. The van der Waals surface area contributed by atoms with E-state index in [-0.39, 0.29) is 37.8 Å². The quantitative estimate of drug-likeness (QED) is 0.275. The first-order chi connectivity index (χ1) is 16.8. The summed E-state index contributed by atoms with van der Waals surface area (Å²) in [5.41, 5.74) is 5.05. The van der Waals surface area contributed by atoms with Gasteiger partial charge >= 0.3 is 19.9 Å². The Labute approximate surface area is 201 Å². The van der Waals surface area contributed by atoms with Gasteiger partial charge in [-0.25, -0.2) is 14.2 Å². The highest BCUT2D eigenvalue weighted by atomic mass is 31.2. The van der Waals surface area contributed by atoms with E-state index in [0.717, 1.165) is 22.3 Å². The largest absolute Gasteiger partial charge is 0.478 e. The minimum Gasteiger partial charge on any atom is -0.478 e. The second-order valence-corrected chi connectivity index (χ2v) is 9.28. The van der Waals surface area contributed by atoms with E-state index in [4.69, 9.17) is 18.9 Å².